The quantitative estimate of drug-likeness (QED) is 0.832. The summed E-state index contributed by atoms with van der Waals surface area (Å²) < 4.78 is 9.76. The van der Waals surface area contributed by atoms with E-state index in [0.717, 1.165) is 45.2 Å². The lowest BCUT2D eigenvalue weighted by atomic mass is 10.1. The summed E-state index contributed by atoms with van der Waals surface area (Å²) in [7, 11) is 1.95. The summed E-state index contributed by atoms with van der Waals surface area (Å²) in [5.74, 6) is 1.63. The van der Waals surface area contributed by atoms with Crippen molar-refractivity contribution in [3.63, 3.8) is 0 Å². The van der Waals surface area contributed by atoms with Crippen molar-refractivity contribution in [2.75, 3.05) is 19.8 Å². The lowest BCUT2D eigenvalue weighted by molar-refractivity contribution is 0.0851. The third-order valence-electron chi connectivity index (χ3n) is 3.86. The zero-order chi connectivity index (χ0) is 14.7. The molecular weight excluding hydrogens is 266 g/mol. The van der Waals surface area contributed by atoms with E-state index in [4.69, 9.17) is 4.74 Å². The molecule has 2 aromatic rings. The van der Waals surface area contributed by atoms with Crippen molar-refractivity contribution in [1.82, 2.24) is 24.2 Å². The Balaban J connectivity index is 1.73. The van der Waals surface area contributed by atoms with Crippen LogP contribution in [0, 0.1) is 5.92 Å². The fraction of sp³-hybridized carbons (Fsp3) is 0.600. The number of rotatable bonds is 5. The summed E-state index contributed by atoms with van der Waals surface area (Å²) in [6.45, 7) is 7.42. The van der Waals surface area contributed by atoms with Crippen LogP contribution in [-0.2, 0) is 31.4 Å². The van der Waals surface area contributed by atoms with Crippen molar-refractivity contribution in [3.8, 4) is 0 Å². The molecule has 1 atom stereocenters. The van der Waals surface area contributed by atoms with Crippen LogP contribution in [-0.4, -0.2) is 44.0 Å². The number of aromatic nitrogens is 4. The molecule has 0 fully saturated rings. The Morgan fingerprint density at radius 1 is 1.38 bits per heavy atom. The minimum absolute atomic E-state index is 0.497. The van der Waals surface area contributed by atoms with Crippen molar-refractivity contribution in [2.24, 2.45) is 13.0 Å². The number of imidazole rings is 1. The van der Waals surface area contributed by atoms with Crippen LogP contribution in [0.4, 0.5) is 0 Å². The van der Waals surface area contributed by atoms with Crippen LogP contribution in [0.25, 0.3) is 0 Å². The fourth-order valence-corrected chi connectivity index (χ4v) is 2.95. The maximum atomic E-state index is 5.65. The predicted octanol–water partition coefficient (Wildman–Crippen LogP) is 1.29. The van der Waals surface area contributed by atoms with Gasteiger partial charge in [-0.05, 0) is 6.92 Å². The first-order valence-corrected chi connectivity index (χ1v) is 7.52. The zero-order valence-electron chi connectivity index (χ0n) is 12.8. The molecule has 1 aliphatic rings. The molecule has 0 radical (unpaired) electrons. The summed E-state index contributed by atoms with van der Waals surface area (Å²) in [5, 5.41) is 4.25. The van der Waals surface area contributed by atoms with Crippen LogP contribution in [0.2, 0.25) is 0 Å². The summed E-state index contributed by atoms with van der Waals surface area (Å²) in [6, 6.07) is 0. The van der Waals surface area contributed by atoms with Gasteiger partial charge in [0.15, 0.2) is 0 Å². The summed E-state index contributed by atoms with van der Waals surface area (Å²) in [5.41, 5.74) is 1.24. The summed E-state index contributed by atoms with van der Waals surface area (Å²) in [6.07, 6.45) is 7.98. The molecular formula is C15H23N5O. The molecule has 21 heavy (non-hydrogen) atoms. The second-order valence-electron chi connectivity index (χ2n) is 5.71. The van der Waals surface area contributed by atoms with Crippen molar-refractivity contribution < 1.29 is 4.74 Å². The molecule has 0 amide bonds. The van der Waals surface area contributed by atoms with Gasteiger partial charge in [-0.1, -0.05) is 0 Å². The lowest BCUT2D eigenvalue weighted by Gasteiger charge is -2.23. The Morgan fingerprint density at radius 2 is 2.29 bits per heavy atom. The van der Waals surface area contributed by atoms with E-state index in [2.05, 4.69) is 31.9 Å². The van der Waals surface area contributed by atoms with Gasteiger partial charge in [0.05, 0.1) is 19.3 Å². The molecule has 6 nitrogen and oxygen atoms in total. The van der Waals surface area contributed by atoms with Crippen LogP contribution in [0.1, 0.15) is 18.3 Å². The van der Waals surface area contributed by atoms with Crippen molar-refractivity contribution in [1.29, 1.82) is 0 Å². The Labute approximate surface area is 125 Å². The van der Waals surface area contributed by atoms with E-state index in [1.54, 1.807) is 0 Å². The molecule has 0 saturated carbocycles. The second kappa shape index (κ2) is 6.41. The SMILES string of the molecule is CCOCC1CN(Cc2cnn(C)c2)Cc2nccn2C1. The van der Waals surface area contributed by atoms with E-state index in [-0.39, 0.29) is 0 Å². The Hall–Kier alpha value is -1.66. The molecule has 0 bridgehead atoms. The standard InChI is InChI=1S/C15H23N5O/c1-3-21-12-14-9-19(8-13-6-17-18(2)7-13)11-15-16-4-5-20(15)10-14/h4-7,14H,3,8-12H2,1-2H3. The van der Waals surface area contributed by atoms with Crippen molar-refractivity contribution in [2.45, 2.75) is 26.6 Å². The molecule has 3 heterocycles. The molecule has 2 aromatic heterocycles. The Kier molecular flexibility index (Phi) is 4.36. The number of aryl methyl sites for hydroxylation is 1. The van der Waals surface area contributed by atoms with Gasteiger partial charge in [0, 0.05) is 63.4 Å². The average molecular weight is 289 g/mol. The number of hydrogen-bond acceptors (Lipinski definition) is 4. The van der Waals surface area contributed by atoms with E-state index in [1.165, 1.54) is 5.56 Å². The third kappa shape index (κ3) is 3.51. The molecule has 114 valence electrons. The van der Waals surface area contributed by atoms with Crippen LogP contribution in [0.3, 0.4) is 0 Å². The minimum atomic E-state index is 0.497. The van der Waals surface area contributed by atoms with E-state index in [1.807, 2.05) is 31.0 Å². The highest BCUT2D eigenvalue weighted by atomic mass is 16.5. The molecule has 1 aliphatic heterocycles. The van der Waals surface area contributed by atoms with Crippen molar-refractivity contribution in [3.05, 3.63) is 36.2 Å². The molecule has 0 aliphatic carbocycles. The molecule has 1 unspecified atom stereocenters. The molecule has 0 saturated heterocycles. The van der Waals surface area contributed by atoms with Crippen LogP contribution in [0.5, 0.6) is 0 Å². The number of ether oxygens (including phenoxy) is 1. The highest BCUT2D eigenvalue weighted by Crippen LogP contribution is 2.18. The third-order valence-corrected chi connectivity index (χ3v) is 3.86. The lowest BCUT2D eigenvalue weighted by Crippen LogP contribution is -2.30. The molecule has 0 spiro atoms. The van der Waals surface area contributed by atoms with E-state index in [9.17, 15) is 0 Å². The summed E-state index contributed by atoms with van der Waals surface area (Å²) >= 11 is 0. The molecule has 6 heteroatoms. The highest BCUT2D eigenvalue weighted by Gasteiger charge is 2.22. The maximum absolute atomic E-state index is 5.65. The molecule has 0 N–H and O–H groups in total. The molecule has 3 rings (SSSR count). The van der Waals surface area contributed by atoms with Crippen LogP contribution in [0.15, 0.2) is 24.8 Å². The number of fused-ring (bicyclic) bond motifs is 1. The van der Waals surface area contributed by atoms with Gasteiger partial charge in [-0.25, -0.2) is 4.98 Å². The number of nitrogens with zero attached hydrogens (tertiary/aromatic N) is 5. The first kappa shape index (κ1) is 14.3. The van der Waals surface area contributed by atoms with Gasteiger partial charge >= 0.3 is 0 Å². The van der Waals surface area contributed by atoms with Crippen LogP contribution >= 0.6 is 0 Å². The monoisotopic (exact) mass is 289 g/mol. The predicted molar refractivity (Wildman–Crippen MR) is 79.5 cm³/mol. The first-order chi connectivity index (χ1) is 10.2. The minimum Gasteiger partial charge on any atom is -0.381 e. The van der Waals surface area contributed by atoms with Crippen molar-refractivity contribution >= 4 is 0 Å². The van der Waals surface area contributed by atoms with E-state index in [0.29, 0.717) is 5.92 Å². The van der Waals surface area contributed by atoms with Gasteiger partial charge < -0.3 is 9.30 Å². The smallest absolute Gasteiger partial charge is 0.122 e. The maximum Gasteiger partial charge on any atom is 0.122 e. The van der Waals surface area contributed by atoms with Gasteiger partial charge in [0.25, 0.3) is 0 Å². The van der Waals surface area contributed by atoms with E-state index < -0.39 is 0 Å². The fourth-order valence-electron chi connectivity index (χ4n) is 2.95. The average Bonchev–Trinajstić information content (AvgIpc) is 3.02. The zero-order valence-corrected chi connectivity index (χ0v) is 12.8. The topological polar surface area (TPSA) is 48.1 Å². The van der Waals surface area contributed by atoms with Gasteiger partial charge in [-0.2, -0.15) is 5.10 Å². The van der Waals surface area contributed by atoms with Gasteiger partial charge in [-0.15, -0.1) is 0 Å². The van der Waals surface area contributed by atoms with Gasteiger partial charge in [0.1, 0.15) is 5.82 Å². The van der Waals surface area contributed by atoms with Gasteiger partial charge in [-0.3, -0.25) is 9.58 Å². The van der Waals surface area contributed by atoms with E-state index >= 15 is 0 Å². The highest BCUT2D eigenvalue weighted by molar-refractivity contribution is 5.04. The second-order valence-corrected chi connectivity index (χ2v) is 5.71. The Morgan fingerprint density at radius 3 is 3.05 bits per heavy atom. The van der Waals surface area contributed by atoms with Gasteiger partial charge in [0.2, 0.25) is 0 Å². The number of hydrogen-bond donors (Lipinski definition) is 0. The molecule has 0 aromatic carbocycles. The first-order valence-electron chi connectivity index (χ1n) is 7.52. The van der Waals surface area contributed by atoms with Crippen LogP contribution < -0.4 is 0 Å². The summed E-state index contributed by atoms with van der Waals surface area (Å²) in [4.78, 5) is 6.93. The largest absolute Gasteiger partial charge is 0.381 e. The Bertz CT molecular complexity index is 576. The normalized spacial score (nSPS) is 19.4.